The summed E-state index contributed by atoms with van der Waals surface area (Å²) in [7, 11) is 0. The molecule has 2 N–H and O–H groups in total. The Morgan fingerprint density at radius 1 is 1.11 bits per heavy atom. The summed E-state index contributed by atoms with van der Waals surface area (Å²) >= 11 is 0. The number of hydrogen-bond donors (Lipinski definition) is 2. The number of fused-ring (bicyclic) bond motifs is 2. The van der Waals surface area contributed by atoms with Gasteiger partial charge >= 0.3 is 5.63 Å². The molecule has 28 heavy (non-hydrogen) atoms. The third-order valence-electron chi connectivity index (χ3n) is 4.77. The Labute approximate surface area is 161 Å². The zero-order valence-corrected chi connectivity index (χ0v) is 15.5. The lowest BCUT2D eigenvalue weighted by Crippen LogP contribution is -2.23. The first-order valence-corrected chi connectivity index (χ1v) is 9.24. The van der Waals surface area contributed by atoms with Crippen LogP contribution in [0.25, 0.3) is 21.9 Å². The molecule has 0 aliphatic rings. The monoisotopic (exact) mass is 380 g/mol. The quantitative estimate of drug-likeness (QED) is 0.377. The number of aryl methyl sites for hydroxylation is 1. The summed E-state index contributed by atoms with van der Waals surface area (Å²) in [5.41, 5.74) is 3.12. The van der Waals surface area contributed by atoms with Crippen molar-refractivity contribution in [2.45, 2.75) is 13.3 Å². The molecular weight excluding hydrogens is 359 g/mol. The predicted octanol–water partition coefficient (Wildman–Crippen LogP) is 3.93. The number of rotatable bonds is 7. The molecule has 0 saturated heterocycles. The zero-order chi connectivity index (χ0) is 19.5. The van der Waals surface area contributed by atoms with E-state index in [2.05, 4.69) is 10.3 Å². The third kappa shape index (κ3) is 3.92. The highest BCUT2D eigenvalue weighted by atomic mass is 19.1. The fraction of sp³-hybridized carbons (Fsp3) is 0.227. The highest BCUT2D eigenvalue weighted by molar-refractivity contribution is 5.83. The van der Waals surface area contributed by atoms with Gasteiger partial charge in [-0.15, -0.1) is 0 Å². The van der Waals surface area contributed by atoms with Gasteiger partial charge in [0.05, 0.1) is 0 Å². The summed E-state index contributed by atoms with van der Waals surface area (Å²) < 4.78 is 24.4. The fourth-order valence-electron chi connectivity index (χ4n) is 3.33. The van der Waals surface area contributed by atoms with Gasteiger partial charge in [0, 0.05) is 35.1 Å². The highest BCUT2D eigenvalue weighted by Crippen LogP contribution is 2.22. The van der Waals surface area contributed by atoms with Crippen molar-refractivity contribution in [2.75, 3.05) is 19.7 Å². The summed E-state index contributed by atoms with van der Waals surface area (Å²) in [6, 6.07) is 11.7. The Balaban J connectivity index is 1.27. The van der Waals surface area contributed by atoms with Gasteiger partial charge in [0.25, 0.3) is 0 Å². The standard InChI is InChI=1S/C22H21FN2O3/c1-14-10-22(26)28-21-5-3-17(12-18(14)21)27-9-8-24-7-6-15-13-25-20-4-2-16(23)11-19(15)20/h2-5,10-13,24-25H,6-9H2,1H3. The van der Waals surface area contributed by atoms with E-state index in [0.717, 1.165) is 46.1 Å². The molecule has 6 heteroatoms. The van der Waals surface area contributed by atoms with E-state index < -0.39 is 0 Å². The Hall–Kier alpha value is -3.12. The van der Waals surface area contributed by atoms with Gasteiger partial charge in [-0.3, -0.25) is 0 Å². The molecule has 0 atom stereocenters. The van der Waals surface area contributed by atoms with Crippen LogP contribution in [0.5, 0.6) is 5.75 Å². The van der Waals surface area contributed by atoms with Crippen molar-refractivity contribution < 1.29 is 13.5 Å². The van der Waals surface area contributed by atoms with Crippen LogP contribution < -0.4 is 15.7 Å². The van der Waals surface area contributed by atoms with Crippen molar-refractivity contribution in [1.29, 1.82) is 0 Å². The first kappa shape index (κ1) is 18.3. The van der Waals surface area contributed by atoms with E-state index in [1.807, 2.05) is 19.2 Å². The summed E-state index contributed by atoms with van der Waals surface area (Å²) in [5, 5.41) is 5.14. The molecule has 2 heterocycles. The smallest absolute Gasteiger partial charge is 0.336 e. The third-order valence-corrected chi connectivity index (χ3v) is 4.77. The molecule has 2 aromatic carbocycles. The average molecular weight is 380 g/mol. The molecule has 5 nitrogen and oxygen atoms in total. The van der Waals surface area contributed by atoms with Crippen LogP contribution in [0.3, 0.4) is 0 Å². The Bertz CT molecular complexity index is 1180. The number of nitrogens with one attached hydrogen (secondary N) is 2. The predicted molar refractivity (Wildman–Crippen MR) is 108 cm³/mol. The van der Waals surface area contributed by atoms with Gasteiger partial charge in [0.15, 0.2) is 0 Å². The molecule has 0 amide bonds. The summed E-state index contributed by atoms with van der Waals surface area (Å²) in [4.78, 5) is 14.6. The lowest BCUT2D eigenvalue weighted by Gasteiger charge is -2.09. The molecule has 144 valence electrons. The first-order valence-electron chi connectivity index (χ1n) is 9.24. The molecule has 2 aromatic heterocycles. The van der Waals surface area contributed by atoms with Gasteiger partial charge in [-0.25, -0.2) is 9.18 Å². The maximum atomic E-state index is 13.4. The number of hydrogen-bond acceptors (Lipinski definition) is 4. The Morgan fingerprint density at radius 3 is 2.89 bits per heavy atom. The van der Waals surface area contributed by atoms with Gasteiger partial charge in [-0.2, -0.15) is 0 Å². The number of benzene rings is 2. The second kappa shape index (κ2) is 7.86. The molecule has 0 saturated carbocycles. The van der Waals surface area contributed by atoms with Crippen LogP contribution in [-0.4, -0.2) is 24.7 Å². The Morgan fingerprint density at radius 2 is 2.00 bits per heavy atom. The van der Waals surface area contributed by atoms with Crippen LogP contribution in [0, 0.1) is 12.7 Å². The molecule has 0 fully saturated rings. The molecular formula is C22H21FN2O3. The first-order chi connectivity index (χ1) is 13.6. The van der Waals surface area contributed by atoms with Crippen molar-refractivity contribution in [3.8, 4) is 5.75 Å². The molecule has 0 unspecified atom stereocenters. The van der Waals surface area contributed by atoms with E-state index in [-0.39, 0.29) is 11.4 Å². The molecule has 0 radical (unpaired) electrons. The van der Waals surface area contributed by atoms with E-state index in [0.29, 0.717) is 18.7 Å². The zero-order valence-electron chi connectivity index (χ0n) is 15.5. The van der Waals surface area contributed by atoms with Gasteiger partial charge in [-0.1, -0.05) is 0 Å². The minimum atomic E-state index is -0.346. The number of aromatic amines is 1. The average Bonchev–Trinajstić information content (AvgIpc) is 3.07. The second-order valence-corrected chi connectivity index (χ2v) is 6.76. The van der Waals surface area contributed by atoms with Gasteiger partial charge in [-0.05, 0) is 67.4 Å². The van der Waals surface area contributed by atoms with Crippen LogP contribution in [0.2, 0.25) is 0 Å². The van der Waals surface area contributed by atoms with Crippen LogP contribution in [0.15, 0.2) is 57.9 Å². The lowest BCUT2D eigenvalue weighted by molar-refractivity contribution is 0.315. The second-order valence-electron chi connectivity index (χ2n) is 6.76. The fourth-order valence-corrected chi connectivity index (χ4v) is 3.33. The largest absolute Gasteiger partial charge is 0.492 e. The van der Waals surface area contributed by atoms with E-state index in [9.17, 15) is 9.18 Å². The van der Waals surface area contributed by atoms with Crippen molar-refractivity contribution in [3.05, 3.63) is 76.0 Å². The summed E-state index contributed by atoms with van der Waals surface area (Å²) in [5.74, 6) is 0.512. The van der Waals surface area contributed by atoms with E-state index in [1.54, 1.807) is 24.3 Å². The van der Waals surface area contributed by atoms with Crippen LogP contribution in [0.4, 0.5) is 4.39 Å². The topological polar surface area (TPSA) is 67.3 Å². The van der Waals surface area contributed by atoms with Crippen LogP contribution in [-0.2, 0) is 6.42 Å². The number of halogens is 1. The van der Waals surface area contributed by atoms with E-state index in [4.69, 9.17) is 9.15 Å². The minimum absolute atomic E-state index is 0.223. The summed E-state index contributed by atoms with van der Waals surface area (Å²) in [6.45, 7) is 3.86. The number of aromatic nitrogens is 1. The number of ether oxygens (including phenoxy) is 1. The van der Waals surface area contributed by atoms with Crippen molar-refractivity contribution >= 4 is 21.9 Å². The van der Waals surface area contributed by atoms with Gasteiger partial charge in [0.2, 0.25) is 0 Å². The molecule has 0 aliphatic carbocycles. The maximum absolute atomic E-state index is 13.4. The molecule has 0 spiro atoms. The Kier molecular flexibility index (Phi) is 5.12. The molecule has 4 aromatic rings. The normalized spacial score (nSPS) is 11.4. The lowest BCUT2D eigenvalue weighted by atomic mass is 10.1. The highest BCUT2D eigenvalue weighted by Gasteiger charge is 2.06. The maximum Gasteiger partial charge on any atom is 0.336 e. The molecule has 0 bridgehead atoms. The van der Waals surface area contributed by atoms with Crippen molar-refractivity contribution in [3.63, 3.8) is 0 Å². The molecule has 0 aliphatic heterocycles. The number of H-pyrrole nitrogens is 1. The van der Waals surface area contributed by atoms with Crippen LogP contribution >= 0.6 is 0 Å². The van der Waals surface area contributed by atoms with E-state index >= 15 is 0 Å². The SMILES string of the molecule is Cc1cc(=O)oc2ccc(OCCNCCc3c[nH]c4ccc(F)cc34)cc12. The van der Waals surface area contributed by atoms with Crippen molar-refractivity contribution in [2.24, 2.45) is 0 Å². The minimum Gasteiger partial charge on any atom is -0.492 e. The van der Waals surface area contributed by atoms with Crippen molar-refractivity contribution in [1.82, 2.24) is 10.3 Å². The van der Waals surface area contributed by atoms with Gasteiger partial charge < -0.3 is 19.5 Å². The van der Waals surface area contributed by atoms with E-state index in [1.165, 1.54) is 12.1 Å². The van der Waals surface area contributed by atoms with Gasteiger partial charge in [0.1, 0.15) is 23.8 Å². The molecule has 4 rings (SSSR count). The summed E-state index contributed by atoms with van der Waals surface area (Å²) in [6.07, 6.45) is 2.73. The van der Waals surface area contributed by atoms with Crippen LogP contribution in [0.1, 0.15) is 11.1 Å².